The number of nitrogens with one attached hydrogen (secondary N) is 1. The number of amidine groups is 1. The summed E-state index contributed by atoms with van der Waals surface area (Å²) in [7, 11) is -3.85. The van der Waals surface area contributed by atoms with E-state index >= 15 is 0 Å². The van der Waals surface area contributed by atoms with Crippen LogP contribution in [0.15, 0.2) is 37.3 Å². The molecule has 11 nitrogen and oxygen atoms in total. The van der Waals surface area contributed by atoms with Gasteiger partial charge in [0.25, 0.3) is 10.2 Å². The maximum Gasteiger partial charge on any atom is 0.277 e. The van der Waals surface area contributed by atoms with Crippen LogP contribution >= 0.6 is 27.7 Å². The normalized spacial score (nSPS) is 17.4. The Hall–Kier alpha value is -1.62. The minimum absolute atomic E-state index is 0.0548. The molecule has 15 heteroatoms. The molecule has 0 atom stereocenters. The maximum atomic E-state index is 13.3. The highest BCUT2D eigenvalue weighted by Gasteiger charge is 2.46. The molecule has 1 aliphatic heterocycles. The van der Waals surface area contributed by atoms with E-state index in [4.69, 9.17) is 5.14 Å². The van der Waals surface area contributed by atoms with E-state index in [1.54, 1.807) is 0 Å². The molecule has 0 radical (unpaired) electrons. The molecular weight excluding hydrogens is 483 g/mol. The summed E-state index contributed by atoms with van der Waals surface area (Å²) in [5.41, 5.74) is 0.951. The van der Waals surface area contributed by atoms with Gasteiger partial charge in [-0.15, -0.1) is 0 Å². The molecule has 1 aromatic heterocycles. The number of hydrogen-bond acceptors (Lipinski definition) is 9. The standard InChI is InChI=1S/C13H14BrFN6O5S2/c14-8-3-7(1-2-9(8)15)17-11(18-23)10-12(20-26-19-10)27-6-13(22)4-21(5-13)28(16,24)25/h1-3,22-23H,4-6H2,(H,17,18)(H2,16,24,25). The molecule has 5 N–H and O–H groups in total. The van der Waals surface area contributed by atoms with E-state index in [2.05, 4.69) is 35.9 Å². The molecule has 1 saturated heterocycles. The van der Waals surface area contributed by atoms with Gasteiger partial charge in [-0.05, 0) is 44.4 Å². The molecule has 1 aromatic carbocycles. The largest absolute Gasteiger partial charge is 0.386 e. The van der Waals surface area contributed by atoms with Gasteiger partial charge < -0.3 is 5.11 Å². The number of aromatic nitrogens is 2. The fourth-order valence-electron chi connectivity index (χ4n) is 2.32. The van der Waals surface area contributed by atoms with Gasteiger partial charge in [0.05, 0.1) is 10.2 Å². The fourth-order valence-corrected chi connectivity index (χ4v) is 4.47. The molecule has 1 fully saturated rings. The van der Waals surface area contributed by atoms with E-state index in [0.29, 0.717) is 5.69 Å². The number of nitrogens with two attached hydrogens (primary N) is 1. The lowest BCUT2D eigenvalue weighted by Gasteiger charge is -2.43. The van der Waals surface area contributed by atoms with Gasteiger partial charge in [0.15, 0.2) is 16.6 Å². The summed E-state index contributed by atoms with van der Waals surface area (Å²) in [4.78, 5) is 4.12. The highest BCUT2D eigenvalue weighted by Crippen LogP contribution is 2.31. The summed E-state index contributed by atoms with van der Waals surface area (Å²) in [6.07, 6.45) is 0. The third-order valence-electron chi connectivity index (χ3n) is 3.71. The first-order valence-corrected chi connectivity index (χ1v) is 10.8. The minimum Gasteiger partial charge on any atom is -0.386 e. The van der Waals surface area contributed by atoms with Crippen molar-refractivity contribution in [1.29, 1.82) is 0 Å². The first kappa shape index (κ1) is 21.1. The van der Waals surface area contributed by atoms with Crippen molar-refractivity contribution in [3.05, 3.63) is 34.2 Å². The molecule has 0 bridgehead atoms. The van der Waals surface area contributed by atoms with E-state index in [-0.39, 0.29) is 39.9 Å². The molecule has 0 amide bonds. The van der Waals surface area contributed by atoms with Crippen LogP contribution in [-0.2, 0) is 10.2 Å². The number of β-amino-alcohol motifs (C(OH)–C–C–N with tert-alkyl or cyclic N) is 1. The van der Waals surface area contributed by atoms with Crippen LogP contribution < -0.4 is 10.6 Å². The zero-order valence-corrected chi connectivity index (χ0v) is 17.1. The molecule has 3 rings (SSSR count). The summed E-state index contributed by atoms with van der Waals surface area (Å²) in [6, 6.07) is 3.97. The number of nitrogens with zero attached hydrogens (tertiary/aromatic N) is 4. The van der Waals surface area contributed by atoms with Gasteiger partial charge in [-0.2, -0.15) is 12.7 Å². The molecule has 0 unspecified atom stereocenters. The number of rotatable bonds is 6. The monoisotopic (exact) mass is 496 g/mol. The second kappa shape index (κ2) is 8.02. The van der Waals surface area contributed by atoms with Gasteiger partial charge in [-0.1, -0.05) is 11.8 Å². The summed E-state index contributed by atoms with van der Waals surface area (Å²) < 4.78 is 41.5. The lowest BCUT2D eigenvalue weighted by atomic mass is 10.0. The zero-order chi connectivity index (χ0) is 20.5. The molecule has 1 aliphatic rings. The second-order valence-corrected chi connectivity index (χ2v) is 9.28. The predicted octanol–water partition coefficient (Wildman–Crippen LogP) is 0.371. The van der Waals surface area contributed by atoms with Crippen LogP contribution in [0, 0.1) is 5.82 Å². The Kier molecular flexibility index (Phi) is 6.04. The van der Waals surface area contributed by atoms with Crippen LogP contribution in [0.25, 0.3) is 0 Å². The molecule has 28 heavy (non-hydrogen) atoms. The maximum absolute atomic E-state index is 13.3. The van der Waals surface area contributed by atoms with Crippen molar-refractivity contribution in [2.75, 3.05) is 18.8 Å². The van der Waals surface area contributed by atoms with E-state index in [1.165, 1.54) is 18.2 Å². The van der Waals surface area contributed by atoms with Crippen LogP contribution in [0.3, 0.4) is 0 Å². The summed E-state index contributed by atoms with van der Waals surface area (Å²) >= 11 is 4.07. The number of hydrogen-bond donors (Lipinski definition) is 4. The van der Waals surface area contributed by atoms with Gasteiger partial charge in [0.1, 0.15) is 11.4 Å². The lowest BCUT2D eigenvalue weighted by Crippen LogP contribution is -2.65. The number of thioether (sulfide) groups is 1. The molecule has 2 aromatic rings. The smallest absolute Gasteiger partial charge is 0.277 e. The van der Waals surface area contributed by atoms with Crippen molar-refractivity contribution in [3.8, 4) is 0 Å². The number of halogens is 2. The average Bonchev–Trinajstić information content (AvgIpc) is 3.06. The molecule has 2 heterocycles. The average molecular weight is 497 g/mol. The third-order valence-corrected chi connectivity index (χ3v) is 6.52. The second-order valence-electron chi connectivity index (χ2n) is 5.91. The van der Waals surface area contributed by atoms with E-state index in [1.807, 2.05) is 5.48 Å². The van der Waals surface area contributed by atoms with Crippen LogP contribution in [0.2, 0.25) is 0 Å². The fraction of sp³-hybridized carbons (Fsp3) is 0.308. The number of benzene rings is 1. The predicted molar refractivity (Wildman–Crippen MR) is 99.9 cm³/mol. The zero-order valence-electron chi connectivity index (χ0n) is 13.9. The number of aliphatic hydroxyl groups is 1. The Morgan fingerprint density at radius 3 is 2.82 bits per heavy atom. The van der Waals surface area contributed by atoms with Crippen molar-refractivity contribution >= 4 is 49.4 Å². The Morgan fingerprint density at radius 2 is 2.21 bits per heavy atom. The Bertz CT molecular complexity index is 1010. The van der Waals surface area contributed by atoms with Gasteiger partial charge >= 0.3 is 0 Å². The third kappa shape index (κ3) is 4.68. The number of aliphatic imine (C=N–C) groups is 1. The van der Waals surface area contributed by atoms with Crippen molar-refractivity contribution in [3.63, 3.8) is 0 Å². The summed E-state index contributed by atoms with van der Waals surface area (Å²) in [6.45, 7) is -0.301. The summed E-state index contributed by atoms with van der Waals surface area (Å²) in [5, 5.41) is 32.3. The van der Waals surface area contributed by atoms with Crippen LogP contribution in [0.1, 0.15) is 5.69 Å². The molecule has 0 spiro atoms. The quantitative estimate of drug-likeness (QED) is 0.191. The van der Waals surface area contributed by atoms with Crippen LogP contribution in [-0.4, -0.2) is 63.6 Å². The Morgan fingerprint density at radius 1 is 1.50 bits per heavy atom. The Balaban J connectivity index is 1.73. The SMILES string of the molecule is NS(=O)(=O)N1CC(O)(CSc2nonc2C(=Nc2ccc(F)c(Br)c2)NO)C1. The van der Waals surface area contributed by atoms with Gasteiger partial charge in [-0.3, -0.25) is 10.7 Å². The topological polar surface area (TPSA) is 167 Å². The van der Waals surface area contributed by atoms with Crippen molar-refractivity contribution in [1.82, 2.24) is 20.1 Å². The highest BCUT2D eigenvalue weighted by molar-refractivity contribution is 9.10. The lowest BCUT2D eigenvalue weighted by molar-refractivity contribution is -0.0383. The van der Waals surface area contributed by atoms with Crippen molar-refractivity contribution in [2.24, 2.45) is 10.1 Å². The van der Waals surface area contributed by atoms with E-state index in [0.717, 1.165) is 16.1 Å². The van der Waals surface area contributed by atoms with Crippen LogP contribution in [0.5, 0.6) is 0 Å². The first-order valence-electron chi connectivity index (χ1n) is 7.51. The van der Waals surface area contributed by atoms with E-state index in [9.17, 15) is 23.1 Å². The molecule has 152 valence electrons. The molecular formula is C13H14BrFN6O5S2. The van der Waals surface area contributed by atoms with Crippen LogP contribution in [0.4, 0.5) is 10.1 Å². The Labute approximate surface area is 171 Å². The highest BCUT2D eigenvalue weighted by atomic mass is 79.9. The molecule has 0 saturated carbocycles. The van der Waals surface area contributed by atoms with Gasteiger partial charge in [0, 0.05) is 18.8 Å². The van der Waals surface area contributed by atoms with E-state index < -0.39 is 21.6 Å². The first-order chi connectivity index (χ1) is 13.1. The van der Waals surface area contributed by atoms with Crippen molar-refractivity contribution in [2.45, 2.75) is 10.6 Å². The van der Waals surface area contributed by atoms with Gasteiger partial charge in [0.2, 0.25) is 0 Å². The minimum atomic E-state index is -3.85. The number of hydroxylamine groups is 1. The van der Waals surface area contributed by atoms with Gasteiger partial charge in [-0.25, -0.2) is 19.2 Å². The van der Waals surface area contributed by atoms with Crippen molar-refractivity contribution < 1.29 is 27.8 Å². The summed E-state index contributed by atoms with van der Waals surface area (Å²) in [5.74, 6) is -0.519. The molecule has 0 aliphatic carbocycles.